The fourth-order valence-electron chi connectivity index (χ4n) is 2.05. The van der Waals surface area contributed by atoms with Crippen molar-refractivity contribution in [1.29, 1.82) is 0 Å². The van der Waals surface area contributed by atoms with Gasteiger partial charge in [0.25, 0.3) is 0 Å². The van der Waals surface area contributed by atoms with Gasteiger partial charge in [-0.2, -0.15) is 0 Å². The predicted molar refractivity (Wildman–Crippen MR) is 57.5 cm³/mol. The summed E-state index contributed by atoms with van der Waals surface area (Å²) in [4.78, 5) is 2.47. The summed E-state index contributed by atoms with van der Waals surface area (Å²) >= 11 is 0. The average Bonchev–Trinajstić information content (AvgIpc) is 2.02. The Bertz CT molecular complexity index is 171. The number of rotatable bonds is 4. The Morgan fingerprint density at radius 1 is 1.50 bits per heavy atom. The van der Waals surface area contributed by atoms with Crippen LogP contribution in [0.15, 0.2) is 0 Å². The SMILES string of the molecule is COCC(C)CN1CCOC(C)(C)C1. The van der Waals surface area contributed by atoms with E-state index in [1.165, 1.54) is 0 Å². The predicted octanol–water partition coefficient (Wildman–Crippen LogP) is 1.38. The quantitative estimate of drug-likeness (QED) is 0.686. The molecule has 0 aromatic rings. The molecule has 1 saturated heterocycles. The first-order chi connectivity index (χ1) is 6.53. The maximum absolute atomic E-state index is 5.66. The molecule has 84 valence electrons. The van der Waals surface area contributed by atoms with Crippen molar-refractivity contribution in [3.05, 3.63) is 0 Å². The van der Waals surface area contributed by atoms with E-state index in [1.807, 2.05) is 0 Å². The lowest BCUT2D eigenvalue weighted by atomic mass is 10.1. The van der Waals surface area contributed by atoms with Gasteiger partial charge in [-0.3, -0.25) is 4.90 Å². The summed E-state index contributed by atoms with van der Waals surface area (Å²) in [5, 5.41) is 0. The highest BCUT2D eigenvalue weighted by Gasteiger charge is 2.27. The van der Waals surface area contributed by atoms with Crippen molar-refractivity contribution in [2.24, 2.45) is 5.92 Å². The molecule has 0 aromatic heterocycles. The fraction of sp³-hybridized carbons (Fsp3) is 1.00. The van der Waals surface area contributed by atoms with Crippen LogP contribution in [0.2, 0.25) is 0 Å². The molecule has 0 radical (unpaired) electrons. The van der Waals surface area contributed by atoms with Crippen molar-refractivity contribution in [2.45, 2.75) is 26.4 Å². The summed E-state index contributed by atoms with van der Waals surface area (Å²) in [6.45, 7) is 11.4. The van der Waals surface area contributed by atoms with Gasteiger partial charge >= 0.3 is 0 Å². The number of morpholine rings is 1. The molecule has 0 amide bonds. The summed E-state index contributed by atoms with van der Waals surface area (Å²) in [6.07, 6.45) is 0. The zero-order chi connectivity index (χ0) is 10.6. The highest BCUT2D eigenvalue weighted by Crippen LogP contribution is 2.17. The molecule has 0 N–H and O–H groups in total. The van der Waals surface area contributed by atoms with Crippen LogP contribution in [0.25, 0.3) is 0 Å². The number of ether oxygens (including phenoxy) is 2. The van der Waals surface area contributed by atoms with Crippen molar-refractivity contribution in [1.82, 2.24) is 4.90 Å². The van der Waals surface area contributed by atoms with Gasteiger partial charge in [0.05, 0.1) is 12.2 Å². The summed E-state index contributed by atoms with van der Waals surface area (Å²) in [6, 6.07) is 0. The second-order valence-electron chi connectivity index (χ2n) is 4.90. The van der Waals surface area contributed by atoms with E-state index in [9.17, 15) is 0 Å². The van der Waals surface area contributed by atoms with Crippen LogP contribution in [-0.2, 0) is 9.47 Å². The summed E-state index contributed by atoms with van der Waals surface area (Å²) in [7, 11) is 1.76. The lowest BCUT2D eigenvalue weighted by molar-refractivity contribution is -0.0900. The monoisotopic (exact) mass is 201 g/mol. The van der Waals surface area contributed by atoms with E-state index < -0.39 is 0 Å². The Labute approximate surface area is 87.4 Å². The third-order valence-electron chi connectivity index (χ3n) is 2.53. The molecule has 1 atom stereocenters. The van der Waals surface area contributed by atoms with Crippen LogP contribution < -0.4 is 0 Å². The van der Waals surface area contributed by atoms with Crippen LogP contribution in [0.1, 0.15) is 20.8 Å². The minimum Gasteiger partial charge on any atom is -0.384 e. The topological polar surface area (TPSA) is 21.7 Å². The van der Waals surface area contributed by atoms with E-state index in [1.54, 1.807) is 7.11 Å². The normalized spacial score (nSPS) is 24.9. The van der Waals surface area contributed by atoms with Crippen LogP contribution in [0.4, 0.5) is 0 Å². The first kappa shape index (κ1) is 12.0. The van der Waals surface area contributed by atoms with Gasteiger partial charge in [-0.05, 0) is 19.8 Å². The molecule has 0 bridgehead atoms. The van der Waals surface area contributed by atoms with Gasteiger partial charge in [0.15, 0.2) is 0 Å². The highest BCUT2D eigenvalue weighted by molar-refractivity contribution is 4.79. The Morgan fingerprint density at radius 3 is 2.79 bits per heavy atom. The zero-order valence-corrected chi connectivity index (χ0v) is 9.88. The van der Waals surface area contributed by atoms with E-state index in [0.717, 1.165) is 32.8 Å². The van der Waals surface area contributed by atoms with Gasteiger partial charge in [-0.1, -0.05) is 6.92 Å². The molecule has 1 heterocycles. The second kappa shape index (κ2) is 5.10. The Kier molecular flexibility index (Phi) is 4.35. The third-order valence-corrected chi connectivity index (χ3v) is 2.53. The minimum atomic E-state index is 0.0189. The highest BCUT2D eigenvalue weighted by atomic mass is 16.5. The molecule has 3 heteroatoms. The first-order valence-electron chi connectivity index (χ1n) is 5.39. The van der Waals surface area contributed by atoms with Crippen LogP contribution in [0.5, 0.6) is 0 Å². The maximum atomic E-state index is 5.66. The number of nitrogens with zero attached hydrogens (tertiary/aromatic N) is 1. The molecule has 14 heavy (non-hydrogen) atoms. The molecule has 1 fully saturated rings. The number of hydrogen-bond donors (Lipinski definition) is 0. The van der Waals surface area contributed by atoms with Gasteiger partial charge < -0.3 is 9.47 Å². The molecular formula is C11H23NO2. The van der Waals surface area contributed by atoms with Crippen molar-refractivity contribution in [3.8, 4) is 0 Å². The van der Waals surface area contributed by atoms with Crippen LogP contribution in [-0.4, -0.2) is 50.5 Å². The Balaban J connectivity index is 2.30. The molecule has 0 aliphatic carbocycles. The molecule has 1 rings (SSSR count). The van der Waals surface area contributed by atoms with Gasteiger partial charge in [0.2, 0.25) is 0 Å². The molecule has 0 spiro atoms. The van der Waals surface area contributed by atoms with E-state index in [4.69, 9.17) is 9.47 Å². The summed E-state index contributed by atoms with van der Waals surface area (Å²) < 4.78 is 10.8. The molecule has 1 aliphatic rings. The Morgan fingerprint density at radius 2 is 2.21 bits per heavy atom. The number of hydrogen-bond acceptors (Lipinski definition) is 3. The largest absolute Gasteiger partial charge is 0.384 e. The third kappa shape index (κ3) is 3.95. The molecule has 0 aromatic carbocycles. The molecule has 3 nitrogen and oxygen atoms in total. The van der Waals surface area contributed by atoms with Gasteiger partial charge in [-0.25, -0.2) is 0 Å². The van der Waals surface area contributed by atoms with Crippen molar-refractivity contribution < 1.29 is 9.47 Å². The molecular weight excluding hydrogens is 178 g/mol. The lowest BCUT2D eigenvalue weighted by Crippen LogP contribution is -2.49. The smallest absolute Gasteiger partial charge is 0.0753 e. The van der Waals surface area contributed by atoms with E-state index >= 15 is 0 Å². The molecule has 0 saturated carbocycles. The van der Waals surface area contributed by atoms with E-state index in [2.05, 4.69) is 25.7 Å². The lowest BCUT2D eigenvalue weighted by Gasteiger charge is -2.39. The van der Waals surface area contributed by atoms with Crippen molar-refractivity contribution in [2.75, 3.05) is 40.0 Å². The standard InChI is InChI=1S/C11H23NO2/c1-10(8-13-4)7-12-5-6-14-11(2,3)9-12/h10H,5-9H2,1-4H3. The number of methoxy groups -OCH3 is 1. The van der Waals surface area contributed by atoms with Crippen LogP contribution >= 0.6 is 0 Å². The van der Waals surface area contributed by atoms with E-state index in [0.29, 0.717) is 5.92 Å². The fourth-order valence-corrected chi connectivity index (χ4v) is 2.05. The second-order valence-corrected chi connectivity index (χ2v) is 4.90. The Hall–Kier alpha value is -0.120. The minimum absolute atomic E-state index is 0.0189. The van der Waals surface area contributed by atoms with Crippen LogP contribution in [0.3, 0.4) is 0 Å². The van der Waals surface area contributed by atoms with Gasteiger partial charge in [0, 0.05) is 33.4 Å². The molecule has 1 unspecified atom stereocenters. The van der Waals surface area contributed by atoms with Crippen LogP contribution in [0, 0.1) is 5.92 Å². The van der Waals surface area contributed by atoms with Crippen molar-refractivity contribution >= 4 is 0 Å². The summed E-state index contributed by atoms with van der Waals surface area (Å²) in [5.41, 5.74) is 0.0189. The van der Waals surface area contributed by atoms with Gasteiger partial charge in [-0.15, -0.1) is 0 Å². The average molecular weight is 201 g/mol. The van der Waals surface area contributed by atoms with Gasteiger partial charge in [0.1, 0.15) is 0 Å². The van der Waals surface area contributed by atoms with E-state index in [-0.39, 0.29) is 5.60 Å². The maximum Gasteiger partial charge on any atom is 0.0753 e. The van der Waals surface area contributed by atoms with Crippen molar-refractivity contribution in [3.63, 3.8) is 0 Å². The summed E-state index contributed by atoms with van der Waals surface area (Å²) in [5.74, 6) is 0.605. The molecule has 1 aliphatic heterocycles. The first-order valence-corrected chi connectivity index (χ1v) is 5.39. The zero-order valence-electron chi connectivity index (χ0n) is 9.88.